The van der Waals surface area contributed by atoms with Gasteiger partial charge in [-0.3, -0.25) is 4.79 Å². The van der Waals surface area contributed by atoms with Gasteiger partial charge < -0.3 is 9.73 Å². The molecular formula is C22H17N3O2. The van der Waals surface area contributed by atoms with Crippen molar-refractivity contribution in [3.05, 3.63) is 90.0 Å². The Morgan fingerprint density at radius 3 is 2.26 bits per heavy atom. The van der Waals surface area contributed by atoms with Gasteiger partial charge in [-0.25, -0.2) is 0 Å². The van der Waals surface area contributed by atoms with Gasteiger partial charge in [0.15, 0.2) is 0 Å². The Kier molecular flexibility index (Phi) is 4.49. The molecule has 1 N–H and O–H groups in total. The Labute approximate surface area is 156 Å². The maximum absolute atomic E-state index is 12.6. The summed E-state index contributed by atoms with van der Waals surface area (Å²) >= 11 is 0. The van der Waals surface area contributed by atoms with Crippen molar-refractivity contribution in [1.82, 2.24) is 10.2 Å². The van der Waals surface area contributed by atoms with E-state index in [0.717, 1.165) is 11.1 Å². The standard InChI is InChI=1S/C22H17N3O2/c1-15-11-13-16(14-12-15)20(26)23-19-10-6-5-9-18(19)22-25-24-21(27-22)17-7-3-2-4-8-17/h2-14H,1H3,(H,23,26). The number of para-hydroxylation sites is 1. The third kappa shape index (κ3) is 3.62. The number of anilines is 1. The second-order valence-electron chi connectivity index (χ2n) is 6.14. The molecule has 0 aliphatic rings. The summed E-state index contributed by atoms with van der Waals surface area (Å²) in [4.78, 5) is 12.6. The van der Waals surface area contributed by atoms with Crippen molar-refractivity contribution in [2.24, 2.45) is 0 Å². The Hall–Kier alpha value is -3.73. The van der Waals surface area contributed by atoms with Gasteiger partial charge in [-0.2, -0.15) is 0 Å². The number of hydrogen-bond acceptors (Lipinski definition) is 4. The number of benzene rings is 3. The van der Waals surface area contributed by atoms with Crippen LogP contribution in [0, 0.1) is 6.92 Å². The van der Waals surface area contributed by atoms with Crippen LogP contribution in [-0.2, 0) is 0 Å². The zero-order chi connectivity index (χ0) is 18.6. The summed E-state index contributed by atoms with van der Waals surface area (Å²) in [6, 6.07) is 24.3. The largest absolute Gasteiger partial charge is 0.416 e. The van der Waals surface area contributed by atoms with Crippen molar-refractivity contribution < 1.29 is 9.21 Å². The molecule has 0 spiro atoms. The van der Waals surface area contributed by atoms with Crippen LogP contribution in [0.15, 0.2) is 83.3 Å². The average Bonchev–Trinajstić information content (AvgIpc) is 3.19. The van der Waals surface area contributed by atoms with Crippen LogP contribution in [0.1, 0.15) is 15.9 Å². The molecule has 4 aromatic rings. The zero-order valence-electron chi connectivity index (χ0n) is 14.7. The van der Waals surface area contributed by atoms with E-state index in [4.69, 9.17) is 4.42 Å². The topological polar surface area (TPSA) is 68.0 Å². The molecular weight excluding hydrogens is 338 g/mol. The average molecular weight is 355 g/mol. The number of nitrogens with one attached hydrogen (secondary N) is 1. The highest BCUT2D eigenvalue weighted by Crippen LogP contribution is 2.29. The van der Waals surface area contributed by atoms with E-state index in [2.05, 4.69) is 15.5 Å². The molecule has 0 unspecified atom stereocenters. The lowest BCUT2D eigenvalue weighted by Crippen LogP contribution is -2.12. The first-order valence-corrected chi connectivity index (χ1v) is 8.57. The quantitative estimate of drug-likeness (QED) is 0.561. The summed E-state index contributed by atoms with van der Waals surface area (Å²) in [6.07, 6.45) is 0. The van der Waals surface area contributed by atoms with Gasteiger partial charge >= 0.3 is 0 Å². The molecule has 132 valence electrons. The first-order chi connectivity index (χ1) is 13.2. The van der Waals surface area contributed by atoms with Crippen LogP contribution in [0.3, 0.4) is 0 Å². The molecule has 4 rings (SSSR count). The van der Waals surface area contributed by atoms with Crippen LogP contribution in [0.4, 0.5) is 5.69 Å². The van der Waals surface area contributed by atoms with E-state index < -0.39 is 0 Å². The highest BCUT2D eigenvalue weighted by molar-refractivity contribution is 6.06. The van der Waals surface area contributed by atoms with Crippen molar-refractivity contribution in [2.75, 3.05) is 5.32 Å². The van der Waals surface area contributed by atoms with Gasteiger partial charge in [0.2, 0.25) is 11.8 Å². The number of aryl methyl sites for hydroxylation is 1. The molecule has 1 heterocycles. The minimum absolute atomic E-state index is 0.190. The summed E-state index contributed by atoms with van der Waals surface area (Å²) in [5, 5.41) is 11.2. The number of nitrogens with zero attached hydrogens (tertiary/aromatic N) is 2. The molecule has 0 saturated heterocycles. The molecule has 0 atom stereocenters. The van der Waals surface area contributed by atoms with Gasteiger partial charge in [0.1, 0.15) is 0 Å². The summed E-state index contributed by atoms with van der Waals surface area (Å²) < 4.78 is 5.83. The fraction of sp³-hybridized carbons (Fsp3) is 0.0455. The second-order valence-corrected chi connectivity index (χ2v) is 6.14. The molecule has 5 heteroatoms. The van der Waals surface area contributed by atoms with Gasteiger partial charge in [-0.1, -0.05) is 48.0 Å². The van der Waals surface area contributed by atoms with Gasteiger partial charge in [0.25, 0.3) is 5.91 Å². The summed E-state index contributed by atoms with van der Waals surface area (Å²) in [7, 11) is 0. The Morgan fingerprint density at radius 2 is 1.48 bits per heavy atom. The van der Waals surface area contributed by atoms with E-state index in [1.165, 1.54) is 0 Å². The van der Waals surface area contributed by atoms with Gasteiger partial charge in [0.05, 0.1) is 11.3 Å². The first kappa shape index (κ1) is 16.7. The van der Waals surface area contributed by atoms with Crippen LogP contribution < -0.4 is 5.32 Å². The van der Waals surface area contributed by atoms with E-state index in [1.807, 2.05) is 73.7 Å². The molecule has 0 radical (unpaired) electrons. The number of rotatable bonds is 4. The molecule has 0 aliphatic carbocycles. The van der Waals surface area contributed by atoms with Crippen LogP contribution in [-0.4, -0.2) is 16.1 Å². The van der Waals surface area contributed by atoms with Gasteiger partial charge in [0, 0.05) is 11.1 Å². The Balaban J connectivity index is 1.63. The van der Waals surface area contributed by atoms with Crippen molar-refractivity contribution >= 4 is 11.6 Å². The molecule has 1 amide bonds. The SMILES string of the molecule is Cc1ccc(C(=O)Nc2ccccc2-c2nnc(-c3ccccc3)o2)cc1. The highest BCUT2D eigenvalue weighted by atomic mass is 16.4. The number of carbonyl (C=O) groups is 1. The van der Waals surface area contributed by atoms with E-state index in [1.54, 1.807) is 12.1 Å². The molecule has 0 bridgehead atoms. The van der Waals surface area contributed by atoms with E-state index in [-0.39, 0.29) is 5.91 Å². The van der Waals surface area contributed by atoms with E-state index in [0.29, 0.717) is 28.6 Å². The van der Waals surface area contributed by atoms with Crippen molar-refractivity contribution in [3.8, 4) is 22.9 Å². The fourth-order valence-electron chi connectivity index (χ4n) is 2.71. The minimum Gasteiger partial charge on any atom is -0.416 e. The third-order valence-electron chi connectivity index (χ3n) is 4.17. The molecule has 3 aromatic carbocycles. The molecule has 5 nitrogen and oxygen atoms in total. The minimum atomic E-state index is -0.190. The molecule has 27 heavy (non-hydrogen) atoms. The molecule has 0 saturated carbocycles. The maximum Gasteiger partial charge on any atom is 0.255 e. The van der Waals surface area contributed by atoms with Crippen molar-refractivity contribution in [1.29, 1.82) is 0 Å². The smallest absolute Gasteiger partial charge is 0.255 e. The van der Waals surface area contributed by atoms with Crippen molar-refractivity contribution in [2.45, 2.75) is 6.92 Å². The Morgan fingerprint density at radius 1 is 0.815 bits per heavy atom. The lowest BCUT2D eigenvalue weighted by molar-refractivity contribution is 0.102. The number of amides is 1. The van der Waals surface area contributed by atoms with Crippen LogP contribution in [0.5, 0.6) is 0 Å². The fourth-order valence-corrected chi connectivity index (χ4v) is 2.71. The number of aromatic nitrogens is 2. The number of carbonyl (C=O) groups excluding carboxylic acids is 1. The monoisotopic (exact) mass is 355 g/mol. The predicted octanol–water partition coefficient (Wildman–Crippen LogP) is 4.96. The lowest BCUT2D eigenvalue weighted by atomic mass is 10.1. The predicted molar refractivity (Wildman–Crippen MR) is 104 cm³/mol. The summed E-state index contributed by atoms with van der Waals surface area (Å²) in [5.74, 6) is 0.601. The lowest BCUT2D eigenvalue weighted by Gasteiger charge is -2.09. The van der Waals surface area contributed by atoms with Crippen molar-refractivity contribution in [3.63, 3.8) is 0 Å². The molecule has 1 aromatic heterocycles. The van der Waals surface area contributed by atoms with E-state index >= 15 is 0 Å². The summed E-state index contributed by atoms with van der Waals surface area (Å²) in [5.41, 5.74) is 3.83. The first-order valence-electron chi connectivity index (χ1n) is 8.57. The Bertz CT molecular complexity index is 1070. The highest BCUT2D eigenvalue weighted by Gasteiger charge is 2.15. The van der Waals surface area contributed by atoms with E-state index in [9.17, 15) is 4.79 Å². The second kappa shape index (κ2) is 7.25. The van der Waals surface area contributed by atoms with Crippen LogP contribution >= 0.6 is 0 Å². The van der Waals surface area contributed by atoms with Crippen LogP contribution in [0.2, 0.25) is 0 Å². The van der Waals surface area contributed by atoms with Gasteiger partial charge in [-0.15, -0.1) is 10.2 Å². The summed E-state index contributed by atoms with van der Waals surface area (Å²) in [6.45, 7) is 1.98. The maximum atomic E-state index is 12.6. The molecule has 0 aliphatic heterocycles. The number of hydrogen-bond donors (Lipinski definition) is 1. The van der Waals surface area contributed by atoms with Gasteiger partial charge in [-0.05, 0) is 43.3 Å². The zero-order valence-corrected chi connectivity index (χ0v) is 14.7. The normalized spacial score (nSPS) is 10.6. The van der Waals surface area contributed by atoms with Crippen LogP contribution in [0.25, 0.3) is 22.9 Å². The third-order valence-corrected chi connectivity index (χ3v) is 4.17. The molecule has 0 fully saturated rings.